The van der Waals surface area contributed by atoms with Gasteiger partial charge in [-0.2, -0.15) is 10.0 Å². The predicted molar refractivity (Wildman–Crippen MR) is 82.4 cm³/mol. The van der Waals surface area contributed by atoms with Gasteiger partial charge in [-0.15, -0.1) is 0 Å². The van der Waals surface area contributed by atoms with Crippen LogP contribution in [0.25, 0.3) is 0 Å². The molecule has 2 heterocycles. The maximum Gasteiger partial charge on any atom is 0.348 e. The molecule has 7 nitrogen and oxygen atoms in total. The van der Waals surface area contributed by atoms with E-state index < -0.39 is 0 Å². The van der Waals surface area contributed by atoms with Gasteiger partial charge in [-0.3, -0.25) is 14.2 Å². The minimum Gasteiger partial charge on any atom is -0.354 e. The molecule has 0 radical (unpaired) electrons. The Morgan fingerprint density at radius 1 is 1.36 bits per heavy atom. The molecule has 0 spiro atoms. The second-order valence-corrected chi connectivity index (χ2v) is 5.54. The molecule has 122 valence electrons. The van der Waals surface area contributed by atoms with Gasteiger partial charge in [-0.05, 0) is 32.8 Å². The highest BCUT2D eigenvalue weighted by Gasteiger charge is 2.12. The average Bonchev–Trinajstić information content (AvgIpc) is 2.49. The van der Waals surface area contributed by atoms with Crippen molar-refractivity contribution in [1.29, 1.82) is 0 Å². The zero-order valence-electron chi connectivity index (χ0n) is 13.3. The number of nitrogens with zero attached hydrogens (tertiary/aromatic N) is 3. The summed E-state index contributed by atoms with van der Waals surface area (Å²) < 4.78 is 1.57. The summed E-state index contributed by atoms with van der Waals surface area (Å²) in [6, 6.07) is 1.86. The summed E-state index contributed by atoms with van der Waals surface area (Å²) >= 11 is 0. The minimum absolute atomic E-state index is 0.0278. The van der Waals surface area contributed by atoms with E-state index in [9.17, 15) is 9.59 Å². The molecule has 0 aliphatic carbocycles. The summed E-state index contributed by atoms with van der Waals surface area (Å²) in [5.41, 5.74) is 1.30. The van der Waals surface area contributed by atoms with E-state index in [1.54, 1.807) is 11.5 Å². The van der Waals surface area contributed by atoms with E-state index in [1.165, 1.54) is 0 Å². The number of nitrogens with one attached hydrogen (secondary N) is 1. The molecule has 1 aromatic heterocycles. The maximum atomic E-state index is 11.8. The van der Waals surface area contributed by atoms with Crippen molar-refractivity contribution in [3.63, 3.8) is 0 Å². The van der Waals surface area contributed by atoms with E-state index in [1.807, 2.05) is 18.1 Å². The van der Waals surface area contributed by atoms with Crippen molar-refractivity contribution in [2.24, 2.45) is 0 Å². The second-order valence-electron chi connectivity index (χ2n) is 5.54. The van der Waals surface area contributed by atoms with Gasteiger partial charge >= 0.3 is 5.69 Å². The van der Waals surface area contributed by atoms with Crippen molar-refractivity contribution >= 4 is 5.91 Å². The lowest BCUT2D eigenvalue weighted by atomic mass is 10.3. The molecule has 7 heteroatoms. The van der Waals surface area contributed by atoms with Gasteiger partial charge in [0, 0.05) is 44.0 Å². The zero-order chi connectivity index (χ0) is 15.9. The van der Waals surface area contributed by atoms with Crippen LogP contribution in [-0.2, 0) is 16.2 Å². The maximum absolute atomic E-state index is 11.8. The molecule has 0 saturated carbocycles. The largest absolute Gasteiger partial charge is 0.354 e. The van der Waals surface area contributed by atoms with Gasteiger partial charge < -0.3 is 5.32 Å². The van der Waals surface area contributed by atoms with Crippen molar-refractivity contribution in [3.05, 3.63) is 27.9 Å². The summed E-state index contributed by atoms with van der Waals surface area (Å²) in [5.74, 6) is -0.0278. The monoisotopic (exact) mass is 308 g/mol. The Labute approximate surface area is 130 Å². The average molecular weight is 308 g/mol. The summed E-state index contributed by atoms with van der Waals surface area (Å²) in [6.45, 7) is 6.75. The van der Waals surface area contributed by atoms with Crippen molar-refractivity contribution in [2.45, 2.75) is 39.7 Å². The molecular formula is C15H24N4O3. The Hall–Kier alpha value is -1.73. The van der Waals surface area contributed by atoms with Crippen LogP contribution in [0.5, 0.6) is 0 Å². The fourth-order valence-corrected chi connectivity index (χ4v) is 2.49. The van der Waals surface area contributed by atoms with E-state index in [4.69, 9.17) is 4.84 Å². The van der Waals surface area contributed by atoms with Crippen LogP contribution in [0.15, 0.2) is 10.9 Å². The number of carbonyl (C=O) groups excluding carboxylic acids is 1. The third-order valence-corrected chi connectivity index (χ3v) is 3.67. The van der Waals surface area contributed by atoms with Crippen molar-refractivity contribution in [3.8, 4) is 0 Å². The van der Waals surface area contributed by atoms with Crippen LogP contribution < -0.4 is 11.0 Å². The Kier molecular flexibility index (Phi) is 6.09. The van der Waals surface area contributed by atoms with E-state index >= 15 is 0 Å². The number of amides is 1. The van der Waals surface area contributed by atoms with Crippen LogP contribution in [-0.4, -0.2) is 46.8 Å². The van der Waals surface area contributed by atoms with Crippen LogP contribution in [0.2, 0.25) is 0 Å². The van der Waals surface area contributed by atoms with Crippen LogP contribution in [0, 0.1) is 13.8 Å². The van der Waals surface area contributed by atoms with Crippen LogP contribution in [0.3, 0.4) is 0 Å². The van der Waals surface area contributed by atoms with E-state index in [-0.39, 0.29) is 11.6 Å². The quantitative estimate of drug-likeness (QED) is 0.823. The van der Waals surface area contributed by atoms with Gasteiger partial charge in [0.25, 0.3) is 0 Å². The summed E-state index contributed by atoms with van der Waals surface area (Å²) in [4.78, 5) is 32.9. The van der Waals surface area contributed by atoms with Gasteiger partial charge in [0.15, 0.2) is 0 Å². The molecule has 1 N–H and O–H groups in total. The molecule has 1 fully saturated rings. The fourth-order valence-electron chi connectivity index (χ4n) is 2.49. The first-order valence-corrected chi connectivity index (χ1v) is 7.76. The number of aryl methyl sites for hydroxylation is 2. The molecule has 0 bridgehead atoms. The second kappa shape index (κ2) is 8.05. The van der Waals surface area contributed by atoms with Crippen molar-refractivity contribution < 1.29 is 9.63 Å². The standard InChI is InChI=1S/C15H24N4O3/c1-12-11-13(2)19(15(21)17-12)9-6-16-14(20)5-8-18-7-3-4-10-22-18/h11H,3-10H2,1-2H3,(H,16,20). The first-order chi connectivity index (χ1) is 10.6. The molecule has 1 aromatic rings. The highest BCUT2D eigenvalue weighted by Crippen LogP contribution is 2.05. The lowest BCUT2D eigenvalue weighted by Gasteiger charge is -2.25. The number of hydrogen-bond acceptors (Lipinski definition) is 5. The van der Waals surface area contributed by atoms with E-state index in [2.05, 4.69) is 10.3 Å². The molecular weight excluding hydrogens is 284 g/mol. The first-order valence-electron chi connectivity index (χ1n) is 7.76. The SMILES string of the molecule is Cc1cc(C)n(CCNC(=O)CCN2CCCCO2)c(=O)n1. The molecule has 1 amide bonds. The van der Waals surface area contributed by atoms with Gasteiger partial charge in [0.2, 0.25) is 5.91 Å². The molecule has 0 atom stereocenters. The topological polar surface area (TPSA) is 76.5 Å². The smallest absolute Gasteiger partial charge is 0.348 e. The molecule has 1 saturated heterocycles. The lowest BCUT2D eigenvalue weighted by Crippen LogP contribution is -2.36. The summed E-state index contributed by atoms with van der Waals surface area (Å²) in [7, 11) is 0. The minimum atomic E-state index is -0.270. The summed E-state index contributed by atoms with van der Waals surface area (Å²) in [5, 5.41) is 4.68. The highest BCUT2D eigenvalue weighted by atomic mass is 16.7. The molecule has 22 heavy (non-hydrogen) atoms. The van der Waals surface area contributed by atoms with E-state index in [0.29, 0.717) is 31.7 Å². The van der Waals surface area contributed by atoms with Crippen LogP contribution >= 0.6 is 0 Å². The normalized spacial score (nSPS) is 15.7. The van der Waals surface area contributed by atoms with Crippen molar-refractivity contribution in [2.75, 3.05) is 26.2 Å². The fraction of sp³-hybridized carbons (Fsp3) is 0.667. The lowest BCUT2D eigenvalue weighted by molar-refractivity contribution is -0.181. The predicted octanol–water partition coefficient (Wildman–Crippen LogP) is 0.394. The van der Waals surface area contributed by atoms with Gasteiger partial charge in [-0.1, -0.05) is 0 Å². The highest BCUT2D eigenvalue weighted by molar-refractivity contribution is 5.75. The number of rotatable bonds is 6. The molecule has 1 aliphatic rings. The zero-order valence-corrected chi connectivity index (χ0v) is 13.3. The summed E-state index contributed by atoms with van der Waals surface area (Å²) in [6.07, 6.45) is 2.60. The third kappa shape index (κ3) is 4.92. The van der Waals surface area contributed by atoms with Gasteiger partial charge in [0.1, 0.15) is 0 Å². The number of hydroxylamine groups is 2. The van der Waals surface area contributed by atoms with Crippen LogP contribution in [0.1, 0.15) is 30.7 Å². The Balaban J connectivity index is 1.72. The molecule has 0 unspecified atom stereocenters. The number of hydrogen-bond donors (Lipinski definition) is 1. The van der Waals surface area contributed by atoms with Gasteiger partial charge in [-0.25, -0.2) is 4.79 Å². The number of aromatic nitrogens is 2. The Bertz CT molecular complexity index is 564. The van der Waals surface area contributed by atoms with Crippen LogP contribution in [0.4, 0.5) is 0 Å². The van der Waals surface area contributed by atoms with E-state index in [0.717, 1.165) is 31.7 Å². The Morgan fingerprint density at radius 2 is 2.18 bits per heavy atom. The first kappa shape index (κ1) is 16.6. The Morgan fingerprint density at radius 3 is 2.86 bits per heavy atom. The third-order valence-electron chi connectivity index (χ3n) is 3.67. The van der Waals surface area contributed by atoms with Gasteiger partial charge in [0.05, 0.1) is 6.61 Å². The molecule has 0 aromatic carbocycles. The van der Waals surface area contributed by atoms with Crippen molar-refractivity contribution in [1.82, 2.24) is 19.9 Å². The molecule has 2 rings (SSSR count). The number of carbonyl (C=O) groups is 1. The molecule has 1 aliphatic heterocycles.